The fourth-order valence-corrected chi connectivity index (χ4v) is 4.32. The smallest absolute Gasteiger partial charge is 0.294 e. The number of anilines is 1. The maximum absolute atomic E-state index is 12.9. The Balaban J connectivity index is 1.35. The summed E-state index contributed by atoms with van der Waals surface area (Å²) < 4.78 is 5.74. The van der Waals surface area contributed by atoms with Crippen molar-refractivity contribution in [2.75, 3.05) is 31.1 Å². The Kier molecular flexibility index (Phi) is 6.57. The van der Waals surface area contributed by atoms with Crippen molar-refractivity contribution < 1.29 is 14.5 Å². The Morgan fingerprint density at radius 1 is 1.19 bits per heavy atom. The normalized spacial score (nSPS) is 13.8. The zero-order valence-electron chi connectivity index (χ0n) is 17.4. The van der Waals surface area contributed by atoms with E-state index >= 15 is 0 Å². The van der Waals surface area contributed by atoms with Crippen molar-refractivity contribution in [1.82, 2.24) is 9.88 Å². The number of hydrogen-bond acceptors (Lipinski definition) is 7. The minimum absolute atomic E-state index is 0.0324. The second kappa shape index (κ2) is 9.54. The lowest BCUT2D eigenvalue weighted by Crippen LogP contribution is -2.49. The van der Waals surface area contributed by atoms with Crippen LogP contribution in [-0.4, -0.2) is 46.9 Å². The topological polar surface area (TPSA) is 88.8 Å². The monoisotopic (exact) mass is 472 g/mol. The van der Waals surface area contributed by atoms with E-state index in [1.807, 2.05) is 36.1 Å². The number of piperazine rings is 1. The molecule has 0 N–H and O–H groups in total. The van der Waals surface area contributed by atoms with Crippen LogP contribution < -0.4 is 9.64 Å². The molecule has 1 aromatic heterocycles. The van der Waals surface area contributed by atoms with E-state index in [2.05, 4.69) is 4.98 Å². The maximum Gasteiger partial charge on any atom is 0.294 e. The fraction of sp³-hybridized carbons (Fsp3) is 0.273. The van der Waals surface area contributed by atoms with E-state index in [9.17, 15) is 14.9 Å². The number of aryl methyl sites for hydroxylation is 1. The summed E-state index contributed by atoms with van der Waals surface area (Å²) in [6.45, 7) is 4.19. The molecule has 166 valence electrons. The zero-order chi connectivity index (χ0) is 22.7. The van der Waals surface area contributed by atoms with E-state index in [1.165, 1.54) is 17.4 Å². The van der Waals surface area contributed by atoms with Crippen molar-refractivity contribution in [3.05, 3.63) is 79.2 Å². The van der Waals surface area contributed by atoms with E-state index in [-0.39, 0.29) is 11.6 Å². The number of carbonyl (C=O) groups excluding carboxylic acids is 1. The molecule has 0 saturated carbocycles. The van der Waals surface area contributed by atoms with Crippen LogP contribution in [0, 0.1) is 17.0 Å². The van der Waals surface area contributed by atoms with Crippen LogP contribution in [0.2, 0.25) is 5.02 Å². The lowest BCUT2D eigenvalue weighted by atomic mass is 10.2. The third-order valence-electron chi connectivity index (χ3n) is 5.20. The number of halogens is 1. The van der Waals surface area contributed by atoms with E-state index < -0.39 is 4.92 Å². The van der Waals surface area contributed by atoms with Gasteiger partial charge in [-0.3, -0.25) is 14.9 Å². The minimum Gasteiger partial charge on any atom is -0.486 e. The molecule has 0 radical (unpaired) electrons. The molecule has 0 atom stereocenters. The second-order valence-electron chi connectivity index (χ2n) is 7.40. The van der Waals surface area contributed by atoms with Crippen molar-refractivity contribution in [2.24, 2.45) is 0 Å². The van der Waals surface area contributed by atoms with Gasteiger partial charge in [-0.1, -0.05) is 29.3 Å². The van der Waals surface area contributed by atoms with Gasteiger partial charge in [-0.15, -0.1) is 11.3 Å². The summed E-state index contributed by atoms with van der Waals surface area (Å²) in [4.78, 5) is 31.9. The summed E-state index contributed by atoms with van der Waals surface area (Å²) in [6.07, 6.45) is 0. The molecule has 1 aliphatic heterocycles. The Hall–Kier alpha value is -3.17. The Bertz CT molecular complexity index is 1130. The van der Waals surface area contributed by atoms with E-state index in [4.69, 9.17) is 16.3 Å². The first-order valence-electron chi connectivity index (χ1n) is 10.0. The number of aromatic nitrogens is 1. The van der Waals surface area contributed by atoms with Crippen molar-refractivity contribution in [2.45, 2.75) is 13.5 Å². The molecule has 8 nitrogen and oxygen atoms in total. The number of rotatable bonds is 6. The highest BCUT2D eigenvalue weighted by molar-refractivity contribution is 7.09. The average Bonchev–Trinajstić information content (AvgIpc) is 3.27. The van der Waals surface area contributed by atoms with Gasteiger partial charge in [-0.25, -0.2) is 4.98 Å². The molecular formula is C22H21ClN4O4S. The standard InChI is InChI=1S/C22H21ClN4O4S/c1-15-2-5-17(6-3-15)31-13-21-24-18(14-32-21)22(28)26-10-8-25(9-11-26)19-7-4-16(23)12-20(19)27(29)30/h2-7,12,14H,8-11,13H2,1H3. The van der Waals surface area contributed by atoms with Crippen molar-refractivity contribution >= 4 is 40.2 Å². The predicted molar refractivity (Wildman–Crippen MR) is 124 cm³/mol. The molecule has 2 aromatic carbocycles. The third-order valence-corrected chi connectivity index (χ3v) is 6.25. The molecule has 0 unspecified atom stereocenters. The number of hydrogen-bond donors (Lipinski definition) is 0. The molecular weight excluding hydrogens is 452 g/mol. The van der Waals surface area contributed by atoms with Crippen LogP contribution in [0.15, 0.2) is 47.8 Å². The van der Waals surface area contributed by atoms with Crippen LogP contribution >= 0.6 is 22.9 Å². The molecule has 0 spiro atoms. The summed E-state index contributed by atoms with van der Waals surface area (Å²) in [7, 11) is 0. The number of nitrogens with zero attached hydrogens (tertiary/aromatic N) is 4. The summed E-state index contributed by atoms with van der Waals surface area (Å²) in [5.74, 6) is 0.610. The lowest BCUT2D eigenvalue weighted by Gasteiger charge is -2.35. The van der Waals surface area contributed by atoms with Gasteiger partial charge < -0.3 is 14.5 Å². The van der Waals surface area contributed by atoms with Gasteiger partial charge in [0, 0.05) is 42.6 Å². The number of thiazole rings is 1. The van der Waals surface area contributed by atoms with Crippen LogP contribution in [0.3, 0.4) is 0 Å². The van der Waals surface area contributed by atoms with E-state index in [1.54, 1.807) is 22.4 Å². The SMILES string of the molecule is Cc1ccc(OCc2nc(C(=O)N3CCN(c4ccc(Cl)cc4[N+](=O)[O-])CC3)cs2)cc1. The van der Waals surface area contributed by atoms with Crippen molar-refractivity contribution in [3.8, 4) is 5.75 Å². The molecule has 32 heavy (non-hydrogen) atoms. The molecule has 0 aliphatic carbocycles. The quantitative estimate of drug-likeness (QED) is 0.386. The van der Waals surface area contributed by atoms with Gasteiger partial charge in [0.05, 0.1) is 4.92 Å². The molecule has 1 fully saturated rings. The first kappa shape index (κ1) is 22.0. The number of ether oxygens (including phenoxy) is 1. The number of carbonyl (C=O) groups is 1. The first-order valence-corrected chi connectivity index (χ1v) is 11.3. The van der Waals surface area contributed by atoms with Gasteiger partial charge in [0.1, 0.15) is 28.7 Å². The molecule has 1 amide bonds. The Labute approximate surface area is 194 Å². The summed E-state index contributed by atoms with van der Waals surface area (Å²) in [6, 6.07) is 12.4. The summed E-state index contributed by atoms with van der Waals surface area (Å²) >= 11 is 7.29. The average molecular weight is 473 g/mol. The van der Waals surface area contributed by atoms with Crippen LogP contribution in [0.1, 0.15) is 21.1 Å². The Morgan fingerprint density at radius 2 is 1.91 bits per heavy atom. The summed E-state index contributed by atoms with van der Waals surface area (Å²) in [5, 5.41) is 14.2. The minimum atomic E-state index is -0.436. The third kappa shape index (κ3) is 5.00. The first-order chi connectivity index (χ1) is 15.4. The van der Waals surface area contributed by atoms with Gasteiger partial charge in [-0.2, -0.15) is 0 Å². The molecule has 1 aliphatic rings. The molecule has 0 bridgehead atoms. The van der Waals surface area contributed by atoms with E-state index in [0.29, 0.717) is 49.2 Å². The Morgan fingerprint density at radius 3 is 2.59 bits per heavy atom. The number of amides is 1. The largest absolute Gasteiger partial charge is 0.486 e. The number of nitro benzene ring substituents is 1. The molecule has 2 heterocycles. The number of benzene rings is 2. The van der Waals surface area contributed by atoms with Crippen LogP contribution in [0.5, 0.6) is 5.75 Å². The highest BCUT2D eigenvalue weighted by atomic mass is 35.5. The highest BCUT2D eigenvalue weighted by Crippen LogP contribution is 2.31. The van der Waals surface area contributed by atoms with E-state index in [0.717, 1.165) is 16.3 Å². The zero-order valence-corrected chi connectivity index (χ0v) is 18.9. The molecule has 10 heteroatoms. The van der Waals surface area contributed by atoms with Gasteiger partial charge in [0.2, 0.25) is 0 Å². The van der Waals surface area contributed by atoms with Gasteiger partial charge in [-0.05, 0) is 31.2 Å². The second-order valence-corrected chi connectivity index (χ2v) is 8.78. The van der Waals surface area contributed by atoms with Crippen molar-refractivity contribution in [1.29, 1.82) is 0 Å². The fourth-order valence-electron chi connectivity index (χ4n) is 3.48. The van der Waals surface area contributed by atoms with Crippen LogP contribution in [-0.2, 0) is 6.61 Å². The maximum atomic E-state index is 12.9. The van der Waals surface area contributed by atoms with Crippen LogP contribution in [0.4, 0.5) is 11.4 Å². The lowest BCUT2D eigenvalue weighted by molar-refractivity contribution is -0.384. The predicted octanol–water partition coefficient (Wildman–Crippen LogP) is 4.55. The highest BCUT2D eigenvalue weighted by Gasteiger charge is 2.27. The number of nitro groups is 1. The molecule has 1 saturated heterocycles. The molecule has 4 rings (SSSR count). The van der Waals surface area contributed by atoms with Gasteiger partial charge in [0.25, 0.3) is 11.6 Å². The molecule has 3 aromatic rings. The van der Waals surface area contributed by atoms with Crippen LogP contribution in [0.25, 0.3) is 0 Å². The van der Waals surface area contributed by atoms with Gasteiger partial charge in [0.15, 0.2) is 0 Å². The van der Waals surface area contributed by atoms with Gasteiger partial charge >= 0.3 is 0 Å². The van der Waals surface area contributed by atoms with Crippen molar-refractivity contribution in [3.63, 3.8) is 0 Å². The summed E-state index contributed by atoms with van der Waals surface area (Å²) in [5.41, 5.74) is 2.03.